The summed E-state index contributed by atoms with van der Waals surface area (Å²) in [6.07, 6.45) is 4.66. The number of fused-ring (bicyclic) bond motifs is 1. The Morgan fingerprint density at radius 2 is 1.93 bits per heavy atom. The van der Waals surface area contributed by atoms with Crippen molar-refractivity contribution in [3.05, 3.63) is 64.7 Å². The number of benzene rings is 1. The number of carbonyl (C=O) groups is 1. The maximum Gasteiger partial charge on any atom is 0.255 e. The molecule has 3 aromatic rings. The van der Waals surface area contributed by atoms with E-state index in [1.54, 1.807) is 0 Å². The van der Waals surface area contributed by atoms with Gasteiger partial charge in [0.25, 0.3) is 5.91 Å². The highest BCUT2D eigenvalue weighted by atomic mass is 35.5. The number of carbonyl (C=O) groups excluding carboxylic acids is 1. The number of imidazole rings is 1. The fourth-order valence-electron chi connectivity index (χ4n) is 3.33. The van der Waals surface area contributed by atoms with Gasteiger partial charge in [0.15, 0.2) is 0 Å². The molecule has 140 valence electrons. The highest BCUT2D eigenvalue weighted by Crippen LogP contribution is 2.25. The minimum absolute atomic E-state index is 0.0372. The van der Waals surface area contributed by atoms with Crippen LogP contribution in [0.1, 0.15) is 42.5 Å². The highest BCUT2D eigenvalue weighted by molar-refractivity contribution is 6.30. The first-order valence-corrected chi connectivity index (χ1v) is 9.50. The SMILES string of the molecule is CC(C)(C)n1ccc(C(=O)N2CCc3nc(-c4ccc(Cl)cc4)[nH]c3C2)c1. The summed E-state index contributed by atoms with van der Waals surface area (Å²) in [6.45, 7) is 7.60. The standard InChI is InChI=1S/C21H23ClN4O/c1-21(2,3)26-11-8-15(12-26)20(27)25-10-9-17-18(13-25)24-19(23-17)14-4-6-16(22)7-5-14/h4-8,11-12H,9-10,13H2,1-3H3,(H,23,24). The lowest BCUT2D eigenvalue weighted by atomic mass is 10.1. The number of halogens is 1. The van der Waals surface area contributed by atoms with Crippen molar-refractivity contribution in [1.82, 2.24) is 19.4 Å². The molecule has 0 saturated heterocycles. The Labute approximate surface area is 164 Å². The van der Waals surface area contributed by atoms with Gasteiger partial charge in [-0.3, -0.25) is 4.79 Å². The Morgan fingerprint density at radius 1 is 1.19 bits per heavy atom. The lowest BCUT2D eigenvalue weighted by Gasteiger charge is -2.26. The van der Waals surface area contributed by atoms with Crippen molar-refractivity contribution < 1.29 is 4.79 Å². The van der Waals surface area contributed by atoms with Crippen LogP contribution >= 0.6 is 11.6 Å². The van der Waals surface area contributed by atoms with Crippen molar-refractivity contribution in [3.8, 4) is 11.4 Å². The molecule has 5 nitrogen and oxygen atoms in total. The van der Waals surface area contributed by atoms with Gasteiger partial charge in [0.2, 0.25) is 0 Å². The Kier molecular flexibility index (Phi) is 4.35. The molecule has 0 atom stereocenters. The van der Waals surface area contributed by atoms with Gasteiger partial charge in [-0.2, -0.15) is 0 Å². The Balaban J connectivity index is 1.53. The normalized spacial score (nSPS) is 14.3. The minimum atomic E-state index is -0.0372. The molecule has 0 saturated carbocycles. The van der Waals surface area contributed by atoms with Crippen LogP contribution in [0.4, 0.5) is 0 Å². The van der Waals surface area contributed by atoms with Crippen LogP contribution in [-0.2, 0) is 18.5 Å². The average Bonchev–Trinajstić information content (AvgIpc) is 3.28. The van der Waals surface area contributed by atoms with Gasteiger partial charge in [0.05, 0.1) is 23.5 Å². The van der Waals surface area contributed by atoms with Crippen LogP contribution < -0.4 is 0 Å². The van der Waals surface area contributed by atoms with E-state index in [2.05, 4.69) is 30.3 Å². The number of rotatable bonds is 2. The molecule has 4 rings (SSSR count). The number of hydrogen-bond donors (Lipinski definition) is 1. The van der Waals surface area contributed by atoms with E-state index in [1.807, 2.05) is 47.6 Å². The van der Waals surface area contributed by atoms with Crippen LogP contribution in [0.3, 0.4) is 0 Å². The third-order valence-corrected chi connectivity index (χ3v) is 5.20. The molecular formula is C21H23ClN4O. The van der Waals surface area contributed by atoms with E-state index in [4.69, 9.17) is 16.6 Å². The van der Waals surface area contributed by atoms with E-state index in [-0.39, 0.29) is 11.4 Å². The van der Waals surface area contributed by atoms with E-state index in [0.717, 1.165) is 34.8 Å². The molecule has 2 aromatic heterocycles. The second kappa shape index (κ2) is 6.57. The predicted octanol–water partition coefficient (Wildman–Crippen LogP) is 4.49. The van der Waals surface area contributed by atoms with Crippen LogP contribution in [0.5, 0.6) is 0 Å². The number of aromatic amines is 1. The maximum absolute atomic E-state index is 12.9. The van der Waals surface area contributed by atoms with E-state index in [0.29, 0.717) is 18.1 Å². The number of amides is 1. The van der Waals surface area contributed by atoms with Crippen molar-refractivity contribution in [1.29, 1.82) is 0 Å². The molecule has 1 aromatic carbocycles. The van der Waals surface area contributed by atoms with E-state index >= 15 is 0 Å². The molecule has 3 heterocycles. The maximum atomic E-state index is 12.9. The van der Waals surface area contributed by atoms with Crippen LogP contribution in [0.15, 0.2) is 42.7 Å². The van der Waals surface area contributed by atoms with Crippen molar-refractivity contribution in [2.75, 3.05) is 6.54 Å². The molecule has 27 heavy (non-hydrogen) atoms. The molecule has 0 unspecified atom stereocenters. The third kappa shape index (κ3) is 3.52. The smallest absolute Gasteiger partial charge is 0.255 e. The fraction of sp³-hybridized carbons (Fsp3) is 0.333. The Hall–Kier alpha value is -2.53. The summed E-state index contributed by atoms with van der Waals surface area (Å²) in [4.78, 5) is 22.9. The summed E-state index contributed by atoms with van der Waals surface area (Å²) in [7, 11) is 0. The Bertz CT molecular complexity index is 979. The van der Waals surface area contributed by atoms with Crippen molar-refractivity contribution >= 4 is 17.5 Å². The lowest BCUT2D eigenvalue weighted by Crippen LogP contribution is -2.36. The van der Waals surface area contributed by atoms with Gasteiger partial charge in [-0.1, -0.05) is 11.6 Å². The third-order valence-electron chi connectivity index (χ3n) is 4.95. The molecule has 1 N–H and O–H groups in total. The quantitative estimate of drug-likeness (QED) is 0.710. The second-order valence-corrected chi connectivity index (χ2v) is 8.41. The van der Waals surface area contributed by atoms with Crippen molar-refractivity contribution in [2.45, 2.75) is 39.3 Å². The van der Waals surface area contributed by atoms with Crippen LogP contribution in [-0.4, -0.2) is 31.9 Å². The zero-order chi connectivity index (χ0) is 19.2. The number of nitrogens with one attached hydrogen (secondary N) is 1. The molecule has 1 aliphatic heterocycles. The first-order valence-electron chi connectivity index (χ1n) is 9.13. The number of hydrogen-bond acceptors (Lipinski definition) is 2. The molecule has 0 fully saturated rings. The van der Waals surface area contributed by atoms with Gasteiger partial charge in [-0.15, -0.1) is 0 Å². The molecule has 0 spiro atoms. The minimum Gasteiger partial charge on any atom is -0.348 e. The van der Waals surface area contributed by atoms with Gasteiger partial charge in [-0.25, -0.2) is 4.98 Å². The predicted molar refractivity (Wildman–Crippen MR) is 107 cm³/mol. The summed E-state index contributed by atoms with van der Waals surface area (Å²) < 4.78 is 2.07. The summed E-state index contributed by atoms with van der Waals surface area (Å²) in [5.74, 6) is 0.885. The van der Waals surface area contributed by atoms with Gasteiger partial charge in [0, 0.05) is 41.5 Å². The van der Waals surface area contributed by atoms with E-state index < -0.39 is 0 Å². The fourth-order valence-corrected chi connectivity index (χ4v) is 3.46. The van der Waals surface area contributed by atoms with Crippen LogP contribution in [0.2, 0.25) is 5.02 Å². The zero-order valence-corrected chi connectivity index (χ0v) is 16.5. The highest BCUT2D eigenvalue weighted by Gasteiger charge is 2.26. The summed E-state index contributed by atoms with van der Waals surface area (Å²) in [6, 6.07) is 9.51. The molecule has 0 bridgehead atoms. The van der Waals surface area contributed by atoms with E-state index in [1.165, 1.54) is 0 Å². The number of aromatic nitrogens is 3. The summed E-state index contributed by atoms with van der Waals surface area (Å²) in [5, 5.41) is 0.703. The van der Waals surface area contributed by atoms with Gasteiger partial charge in [0.1, 0.15) is 5.82 Å². The Morgan fingerprint density at radius 3 is 2.59 bits per heavy atom. The molecule has 0 aliphatic carbocycles. The summed E-state index contributed by atoms with van der Waals surface area (Å²) >= 11 is 5.97. The van der Waals surface area contributed by atoms with Gasteiger partial charge < -0.3 is 14.5 Å². The van der Waals surface area contributed by atoms with E-state index in [9.17, 15) is 4.79 Å². The average molecular weight is 383 g/mol. The van der Waals surface area contributed by atoms with Gasteiger partial charge >= 0.3 is 0 Å². The van der Waals surface area contributed by atoms with Crippen molar-refractivity contribution in [3.63, 3.8) is 0 Å². The molecular weight excluding hydrogens is 360 g/mol. The molecule has 0 radical (unpaired) electrons. The second-order valence-electron chi connectivity index (χ2n) is 7.97. The first kappa shape index (κ1) is 17.9. The monoisotopic (exact) mass is 382 g/mol. The summed E-state index contributed by atoms with van der Waals surface area (Å²) in [5.41, 5.74) is 3.73. The largest absolute Gasteiger partial charge is 0.348 e. The number of H-pyrrole nitrogens is 1. The molecule has 6 heteroatoms. The van der Waals surface area contributed by atoms with Crippen LogP contribution in [0, 0.1) is 0 Å². The topological polar surface area (TPSA) is 53.9 Å². The first-order chi connectivity index (χ1) is 12.8. The van der Waals surface area contributed by atoms with Gasteiger partial charge in [-0.05, 0) is 51.1 Å². The molecule has 1 amide bonds. The zero-order valence-electron chi connectivity index (χ0n) is 15.8. The van der Waals surface area contributed by atoms with Crippen LogP contribution in [0.25, 0.3) is 11.4 Å². The van der Waals surface area contributed by atoms with Crippen molar-refractivity contribution in [2.24, 2.45) is 0 Å². The lowest BCUT2D eigenvalue weighted by molar-refractivity contribution is 0.0731. The molecule has 1 aliphatic rings. The number of nitrogens with zero attached hydrogens (tertiary/aromatic N) is 3.